The Hall–Kier alpha value is -2.53. The highest BCUT2D eigenvalue weighted by molar-refractivity contribution is 5.80. The van der Waals surface area contributed by atoms with E-state index in [2.05, 4.69) is 20.8 Å². The highest BCUT2D eigenvalue weighted by Crippen LogP contribution is 2.53. The van der Waals surface area contributed by atoms with Gasteiger partial charge in [-0.3, -0.25) is 25.6 Å². The molecule has 1 aromatic heterocycles. The third kappa shape index (κ3) is 4.78. The molecule has 2 saturated carbocycles. The lowest BCUT2D eigenvalue weighted by molar-refractivity contribution is -0.154. The fourth-order valence-corrected chi connectivity index (χ4v) is 5.01. The zero-order chi connectivity index (χ0) is 22.9. The van der Waals surface area contributed by atoms with Gasteiger partial charge >= 0.3 is 0 Å². The minimum Gasteiger partial charge on any atom is -0.391 e. The van der Waals surface area contributed by atoms with Crippen molar-refractivity contribution in [2.45, 2.75) is 58.0 Å². The van der Waals surface area contributed by atoms with Gasteiger partial charge in [-0.15, -0.1) is 0 Å². The van der Waals surface area contributed by atoms with Crippen LogP contribution in [0.15, 0.2) is 0 Å². The third-order valence-electron chi connectivity index (χ3n) is 7.04. The fraction of sp³-hybridized carbons (Fsp3) is 0.714. The van der Waals surface area contributed by atoms with E-state index >= 15 is 4.39 Å². The molecule has 10 nitrogen and oxygen atoms in total. The second-order valence-electron chi connectivity index (χ2n) is 9.44. The zero-order valence-corrected chi connectivity index (χ0v) is 18.3. The first-order valence-corrected chi connectivity index (χ1v) is 11.2. The monoisotopic (exact) mass is 450 g/mol. The van der Waals surface area contributed by atoms with Crippen molar-refractivity contribution in [2.24, 2.45) is 17.3 Å². The minimum absolute atomic E-state index is 0.0991. The number of aromatic nitrogens is 2. The van der Waals surface area contributed by atoms with Crippen molar-refractivity contribution < 1.29 is 24.3 Å². The molecule has 4 rings (SSSR count). The van der Waals surface area contributed by atoms with E-state index in [9.17, 15) is 19.9 Å². The average molecular weight is 451 g/mol. The summed E-state index contributed by atoms with van der Waals surface area (Å²) in [6, 6.07) is 0. The molecule has 2 amide bonds. The second kappa shape index (κ2) is 9.14. The van der Waals surface area contributed by atoms with Crippen LogP contribution in [0.4, 0.5) is 16.0 Å². The van der Waals surface area contributed by atoms with Gasteiger partial charge in [-0.25, -0.2) is 15.0 Å². The molecule has 1 aromatic rings. The van der Waals surface area contributed by atoms with Crippen LogP contribution in [-0.4, -0.2) is 63.4 Å². The fourth-order valence-electron chi connectivity index (χ4n) is 5.01. The Labute approximate surface area is 186 Å². The summed E-state index contributed by atoms with van der Waals surface area (Å²) in [7, 11) is 0. The number of rotatable bonds is 9. The first-order valence-electron chi connectivity index (χ1n) is 11.2. The summed E-state index contributed by atoms with van der Waals surface area (Å²) in [5, 5.41) is 20.4. The second-order valence-corrected chi connectivity index (χ2v) is 9.44. The van der Waals surface area contributed by atoms with Gasteiger partial charge in [0.15, 0.2) is 11.6 Å². The lowest BCUT2D eigenvalue weighted by Crippen LogP contribution is -2.41. The van der Waals surface area contributed by atoms with Gasteiger partial charge in [0.1, 0.15) is 5.82 Å². The van der Waals surface area contributed by atoms with E-state index < -0.39 is 23.7 Å². The first kappa shape index (κ1) is 22.7. The third-order valence-corrected chi connectivity index (χ3v) is 7.04. The SMILES string of the molecule is Cc1nc(NNC(=O)[C@@H](CC2CCCC2)CN(O)C=O)c(F)c(N2CC(O)C3(CC3)C2)n1. The number of amides is 2. The molecular weight excluding hydrogens is 419 g/mol. The van der Waals surface area contributed by atoms with Crippen LogP contribution in [0, 0.1) is 30.0 Å². The summed E-state index contributed by atoms with van der Waals surface area (Å²) >= 11 is 0. The number of aliphatic hydroxyl groups excluding tert-OH is 1. The molecule has 1 spiro atoms. The quantitative estimate of drug-likeness (QED) is 0.252. The van der Waals surface area contributed by atoms with E-state index in [0.717, 1.165) is 38.5 Å². The molecule has 1 saturated heterocycles. The largest absolute Gasteiger partial charge is 0.391 e. The van der Waals surface area contributed by atoms with Crippen LogP contribution in [0.5, 0.6) is 0 Å². The number of nitrogens with one attached hydrogen (secondary N) is 2. The van der Waals surface area contributed by atoms with E-state index in [-0.39, 0.29) is 30.0 Å². The van der Waals surface area contributed by atoms with Crippen LogP contribution in [0.3, 0.4) is 0 Å². The number of nitrogens with zero attached hydrogens (tertiary/aromatic N) is 4. The summed E-state index contributed by atoms with van der Waals surface area (Å²) in [6.45, 7) is 2.33. The van der Waals surface area contributed by atoms with Gasteiger partial charge in [0.25, 0.3) is 0 Å². The molecule has 3 fully saturated rings. The predicted octanol–water partition coefficient (Wildman–Crippen LogP) is 1.37. The normalized spacial score (nSPS) is 22.8. The van der Waals surface area contributed by atoms with Crippen molar-refractivity contribution in [1.82, 2.24) is 20.5 Å². The van der Waals surface area contributed by atoms with Gasteiger partial charge < -0.3 is 10.0 Å². The minimum atomic E-state index is -0.704. The maximum absolute atomic E-state index is 15.2. The van der Waals surface area contributed by atoms with Crippen LogP contribution >= 0.6 is 0 Å². The molecule has 1 unspecified atom stereocenters. The topological polar surface area (TPSA) is 131 Å². The van der Waals surface area contributed by atoms with E-state index in [0.29, 0.717) is 36.3 Å². The van der Waals surface area contributed by atoms with Crippen molar-refractivity contribution in [3.8, 4) is 0 Å². The predicted molar refractivity (Wildman–Crippen MR) is 113 cm³/mol. The van der Waals surface area contributed by atoms with E-state index in [4.69, 9.17) is 0 Å². The van der Waals surface area contributed by atoms with Crippen LogP contribution in [0.25, 0.3) is 0 Å². The van der Waals surface area contributed by atoms with Gasteiger partial charge in [0.2, 0.25) is 18.1 Å². The highest BCUT2D eigenvalue weighted by Gasteiger charge is 2.55. The molecular formula is C21H31FN6O4. The molecule has 3 aliphatic rings. The van der Waals surface area contributed by atoms with E-state index in [1.54, 1.807) is 11.8 Å². The molecule has 11 heteroatoms. The average Bonchev–Trinajstić information content (AvgIpc) is 3.23. The number of hydrogen-bond donors (Lipinski definition) is 4. The number of hydrazine groups is 1. The Balaban J connectivity index is 1.44. The molecule has 32 heavy (non-hydrogen) atoms. The highest BCUT2D eigenvalue weighted by atomic mass is 19.1. The van der Waals surface area contributed by atoms with Crippen molar-refractivity contribution in [1.29, 1.82) is 0 Å². The van der Waals surface area contributed by atoms with Gasteiger partial charge in [0.05, 0.1) is 18.6 Å². The summed E-state index contributed by atoms with van der Waals surface area (Å²) in [5.74, 6) is -1.19. The number of β-amino-alcohol motifs (C(OH)–C–C–N with tert-alkyl or cyclic N) is 1. The van der Waals surface area contributed by atoms with Crippen LogP contribution in [0.1, 0.15) is 50.8 Å². The summed E-state index contributed by atoms with van der Waals surface area (Å²) in [4.78, 5) is 33.7. The molecule has 2 atom stereocenters. The van der Waals surface area contributed by atoms with Crippen molar-refractivity contribution in [3.05, 3.63) is 11.6 Å². The molecule has 4 N–H and O–H groups in total. The van der Waals surface area contributed by atoms with Gasteiger partial charge in [0, 0.05) is 18.5 Å². The lowest BCUT2D eigenvalue weighted by Gasteiger charge is -2.23. The van der Waals surface area contributed by atoms with Crippen molar-refractivity contribution >= 4 is 24.0 Å². The Morgan fingerprint density at radius 1 is 1.38 bits per heavy atom. The number of anilines is 2. The van der Waals surface area contributed by atoms with E-state index in [1.165, 1.54) is 0 Å². The molecule has 176 valence electrons. The Bertz CT molecular complexity index is 861. The van der Waals surface area contributed by atoms with Gasteiger partial charge in [-0.2, -0.15) is 4.39 Å². The lowest BCUT2D eigenvalue weighted by atomic mass is 9.92. The maximum Gasteiger partial charge on any atom is 0.243 e. The Morgan fingerprint density at radius 2 is 2.09 bits per heavy atom. The Morgan fingerprint density at radius 3 is 2.72 bits per heavy atom. The van der Waals surface area contributed by atoms with Crippen LogP contribution in [0.2, 0.25) is 0 Å². The standard InChI is InChI=1S/C21H31FN6O4/c1-13-23-18(17(22)19(24-13)27-10-16(30)21(11-27)6-7-21)25-26-20(31)15(9-28(32)12-29)8-14-4-2-3-5-14/h12,14-16,30,32H,2-11H2,1H3,(H,26,31)(H,23,24,25)/t15-,16?/m0/s1. The number of hydrogen-bond acceptors (Lipinski definition) is 8. The molecule has 0 bridgehead atoms. The number of carbonyl (C=O) groups is 2. The number of carbonyl (C=O) groups excluding carboxylic acids is 2. The number of halogens is 1. The van der Waals surface area contributed by atoms with Crippen LogP contribution < -0.4 is 15.8 Å². The molecule has 1 aliphatic heterocycles. The van der Waals surface area contributed by atoms with Gasteiger partial charge in [-0.1, -0.05) is 25.7 Å². The number of hydroxylamine groups is 2. The molecule has 0 aromatic carbocycles. The summed E-state index contributed by atoms with van der Waals surface area (Å²) in [6.07, 6.45) is 6.35. The first-order chi connectivity index (χ1) is 15.3. The Kier molecular flexibility index (Phi) is 6.47. The molecule has 2 aliphatic carbocycles. The molecule has 0 radical (unpaired) electrons. The van der Waals surface area contributed by atoms with Crippen molar-refractivity contribution in [3.63, 3.8) is 0 Å². The summed E-state index contributed by atoms with van der Waals surface area (Å²) in [5.41, 5.74) is 4.89. The van der Waals surface area contributed by atoms with Crippen molar-refractivity contribution in [2.75, 3.05) is 30.0 Å². The molecule has 2 heterocycles. The smallest absolute Gasteiger partial charge is 0.243 e. The zero-order valence-electron chi connectivity index (χ0n) is 18.3. The maximum atomic E-state index is 15.2. The van der Waals surface area contributed by atoms with Crippen LogP contribution in [-0.2, 0) is 9.59 Å². The number of aliphatic hydroxyl groups is 1. The van der Waals surface area contributed by atoms with E-state index in [1.807, 2.05) is 0 Å². The van der Waals surface area contributed by atoms with Gasteiger partial charge in [-0.05, 0) is 32.1 Å². The number of aryl methyl sites for hydroxylation is 1. The summed E-state index contributed by atoms with van der Waals surface area (Å²) < 4.78 is 15.2.